The normalized spacial score (nSPS) is 24.3. The Labute approximate surface area is 108 Å². The first-order valence-electron chi connectivity index (χ1n) is 6.92. The van der Waals surface area contributed by atoms with Gasteiger partial charge in [0.25, 0.3) is 5.89 Å². The maximum Gasteiger partial charge on any atom is 0.252 e. The summed E-state index contributed by atoms with van der Waals surface area (Å²) in [6.45, 7) is 2.55. The Morgan fingerprint density at radius 1 is 1.33 bits per heavy atom. The van der Waals surface area contributed by atoms with E-state index in [0.29, 0.717) is 24.6 Å². The molecule has 0 saturated heterocycles. The lowest BCUT2D eigenvalue weighted by Gasteiger charge is -2.27. The molecule has 1 saturated carbocycles. The van der Waals surface area contributed by atoms with Crippen molar-refractivity contribution in [2.45, 2.75) is 64.2 Å². The van der Waals surface area contributed by atoms with Crippen molar-refractivity contribution in [3.8, 4) is 0 Å². The molecule has 0 aliphatic heterocycles. The van der Waals surface area contributed by atoms with Crippen LogP contribution in [0.15, 0.2) is 4.52 Å². The quantitative estimate of drug-likeness (QED) is 0.841. The molecular formula is C13H23N3O2. The molecule has 1 fully saturated rings. The van der Waals surface area contributed by atoms with Gasteiger partial charge in [-0.1, -0.05) is 12.1 Å². The van der Waals surface area contributed by atoms with Crippen molar-refractivity contribution in [2.24, 2.45) is 0 Å². The largest absolute Gasteiger partial charge is 0.368 e. The van der Waals surface area contributed by atoms with Crippen LogP contribution < -0.4 is 5.32 Å². The monoisotopic (exact) mass is 253 g/mol. The molecule has 1 aromatic rings. The molecule has 0 atom stereocenters. The average Bonchev–Trinajstić information content (AvgIpc) is 2.85. The molecule has 1 aromatic heterocycles. The first kappa shape index (κ1) is 13.5. The van der Waals surface area contributed by atoms with Crippen LogP contribution >= 0.6 is 0 Å². The predicted molar refractivity (Wildman–Crippen MR) is 68.2 cm³/mol. The maximum absolute atomic E-state index is 5.83. The predicted octanol–water partition coefficient (Wildman–Crippen LogP) is 2.07. The third kappa shape index (κ3) is 3.78. The van der Waals surface area contributed by atoms with Crippen LogP contribution in [0, 0.1) is 0 Å². The fraction of sp³-hybridized carbons (Fsp3) is 0.846. The highest BCUT2D eigenvalue weighted by Crippen LogP contribution is 2.21. The summed E-state index contributed by atoms with van der Waals surface area (Å²) in [5.41, 5.74) is 0. The standard InChI is InChI=1S/C13H23N3O2/c1-3-4-12-15-13(18-16-12)9-17-11-7-5-10(14-2)6-8-11/h10-11,14H,3-9H2,1-2H3. The third-order valence-electron chi connectivity index (χ3n) is 3.51. The van der Waals surface area contributed by atoms with Crippen LogP contribution in [-0.4, -0.2) is 29.3 Å². The summed E-state index contributed by atoms with van der Waals surface area (Å²) in [6.07, 6.45) is 6.85. The van der Waals surface area contributed by atoms with Crippen LogP contribution in [0.1, 0.15) is 50.7 Å². The summed E-state index contributed by atoms with van der Waals surface area (Å²) in [4.78, 5) is 4.30. The van der Waals surface area contributed by atoms with Crippen molar-refractivity contribution in [1.29, 1.82) is 0 Å². The summed E-state index contributed by atoms with van der Waals surface area (Å²) in [5.74, 6) is 1.39. The van der Waals surface area contributed by atoms with Gasteiger partial charge in [-0.15, -0.1) is 0 Å². The van der Waals surface area contributed by atoms with E-state index in [9.17, 15) is 0 Å². The number of hydrogen-bond acceptors (Lipinski definition) is 5. The molecule has 0 radical (unpaired) electrons. The number of ether oxygens (including phenoxy) is 1. The van der Waals surface area contributed by atoms with Gasteiger partial charge in [-0.2, -0.15) is 4.98 Å². The highest BCUT2D eigenvalue weighted by atomic mass is 16.5. The van der Waals surface area contributed by atoms with Crippen LogP contribution in [0.5, 0.6) is 0 Å². The van der Waals surface area contributed by atoms with Gasteiger partial charge >= 0.3 is 0 Å². The minimum Gasteiger partial charge on any atom is -0.368 e. The minimum atomic E-state index is 0.344. The van der Waals surface area contributed by atoms with Gasteiger partial charge in [-0.25, -0.2) is 0 Å². The molecule has 1 N–H and O–H groups in total. The molecule has 1 aliphatic rings. The van der Waals surface area contributed by atoms with Gasteiger partial charge in [-0.05, 0) is 39.2 Å². The van der Waals surface area contributed by atoms with E-state index in [4.69, 9.17) is 9.26 Å². The van der Waals surface area contributed by atoms with Crippen LogP contribution in [0.3, 0.4) is 0 Å². The van der Waals surface area contributed by atoms with Crippen molar-refractivity contribution in [3.63, 3.8) is 0 Å². The lowest BCUT2D eigenvalue weighted by atomic mass is 9.93. The zero-order valence-corrected chi connectivity index (χ0v) is 11.3. The van der Waals surface area contributed by atoms with E-state index < -0.39 is 0 Å². The number of aryl methyl sites for hydroxylation is 1. The van der Waals surface area contributed by atoms with Gasteiger partial charge in [-0.3, -0.25) is 0 Å². The maximum atomic E-state index is 5.83. The number of rotatable bonds is 6. The smallest absolute Gasteiger partial charge is 0.252 e. The molecule has 5 nitrogen and oxygen atoms in total. The zero-order chi connectivity index (χ0) is 12.8. The minimum absolute atomic E-state index is 0.344. The first-order chi connectivity index (χ1) is 8.81. The second kappa shape index (κ2) is 6.85. The van der Waals surface area contributed by atoms with Gasteiger partial charge in [0.1, 0.15) is 6.61 Å². The van der Waals surface area contributed by atoms with E-state index >= 15 is 0 Å². The van der Waals surface area contributed by atoms with Crippen molar-refractivity contribution in [2.75, 3.05) is 7.05 Å². The Morgan fingerprint density at radius 3 is 2.78 bits per heavy atom. The molecule has 0 spiro atoms. The molecule has 5 heteroatoms. The zero-order valence-electron chi connectivity index (χ0n) is 11.3. The molecule has 2 rings (SSSR count). The molecule has 0 amide bonds. The van der Waals surface area contributed by atoms with Gasteiger partial charge < -0.3 is 14.6 Å². The van der Waals surface area contributed by atoms with E-state index in [0.717, 1.165) is 31.5 Å². The molecular weight excluding hydrogens is 230 g/mol. The second-order valence-electron chi connectivity index (χ2n) is 4.93. The van der Waals surface area contributed by atoms with Crippen LogP contribution in [0.4, 0.5) is 0 Å². The number of nitrogens with one attached hydrogen (secondary N) is 1. The van der Waals surface area contributed by atoms with Crippen molar-refractivity contribution < 1.29 is 9.26 Å². The number of aromatic nitrogens is 2. The molecule has 0 bridgehead atoms. The third-order valence-corrected chi connectivity index (χ3v) is 3.51. The molecule has 1 heterocycles. The summed E-state index contributed by atoms with van der Waals surface area (Å²) >= 11 is 0. The molecule has 102 valence electrons. The van der Waals surface area contributed by atoms with E-state index in [1.54, 1.807) is 0 Å². The summed E-state index contributed by atoms with van der Waals surface area (Å²) in [5, 5.41) is 7.24. The van der Waals surface area contributed by atoms with E-state index in [2.05, 4.69) is 22.4 Å². The highest BCUT2D eigenvalue weighted by Gasteiger charge is 2.21. The Balaban J connectivity index is 1.71. The number of hydrogen-bond donors (Lipinski definition) is 1. The Hall–Kier alpha value is -0.940. The Kier molecular flexibility index (Phi) is 5.13. The highest BCUT2D eigenvalue weighted by molar-refractivity contribution is 4.85. The van der Waals surface area contributed by atoms with Crippen molar-refractivity contribution >= 4 is 0 Å². The summed E-state index contributed by atoms with van der Waals surface area (Å²) in [6, 6.07) is 0.657. The van der Waals surface area contributed by atoms with Crippen LogP contribution in [-0.2, 0) is 17.8 Å². The Morgan fingerprint density at radius 2 is 2.11 bits per heavy atom. The van der Waals surface area contributed by atoms with Gasteiger partial charge in [0.15, 0.2) is 5.82 Å². The molecule has 0 aromatic carbocycles. The lowest BCUT2D eigenvalue weighted by Crippen LogP contribution is -2.32. The van der Waals surface area contributed by atoms with E-state index in [-0.39, 0.29) is 0 Å². The van der Waals surface area contributed by atoms with E-state index in [1.165, 1.54) is 12.8 Å². The first-order valence-corrected chi connectivity index (χ1v) is 6.92. The van der Waals surface area contributed by atoms with Crippen LogP contribution in [0.25, 0.3) is 0 Å². The molecule has 0 unspecified atom stereocenters. The fourth-order valence-electron chi connectivity index (χ4n) is 2.38. The SMILES string of the molecule is CCCc1noc(COC2CCC(NC)CC2)n1. The molecule has 1 aliphatic carbocycles. The second-order valence-corrected chi connectivity index (χ2v) is 4.93. The lowest BCUT2D eigenvalue weighted by molar-refractivity contribution is 0.000207. The number of nitrogens with zero attached hydrogens (tertiary/aromatic N) is 2. The van der Waals surface area contributed by atoms with Crippen molar-refractivity contribution in [3.05, 3.63) is 11.7 Å². The molecule has 18 heavy (non-hydrogen) atoms. The average molecular weight is 253 g/mol. The Bertz CT molecular complexity index is 346. The van der Waals surface area contributed by atoms with Gasteiger partial charge in [0.2, 0.25) is 0 Å². The fourth-order valence-corrected chi connectivity index (χ4v) is 2.38. The van der Waals surface area contributed by atoms with Gasteiger partial charge in [0, 0.05) is 12.5 Å². The van der Waals surface area contributed by atoms with Crippen molar-refractivity contribution in [1.82, 2.24) is 15.5 Å². The van der Waals surface area contributed by atoms with Crippen LogP contribution in [0.2, 0.25) is 0 Å². The summed E-state index contributed by atoms with van der Waals surface area (Å²) < 4.78 is 11.0. The van der Waals surface area contributed by atoms with E-state index in [1.807, 2.05) is 7.05 Å². The topological polar surface area (TPSA) is 60.2 Å². The van der Waals surface area contributed by atoms with Gasteiger partial charge in [0.05, 0.1) is 6.10 Å². The summed E-state index contributed by atoms with van der Waals surface area (Å²) in [7, 11) is 2.03.